The molecule has 0 saturated carbocycles. The van der Waals surface area contributed by atoms with Crippen LogP contribution >= 0.6 is 0 Å². The second kappa shape index (κ2) is 7.56. The molecule has 1 aliphatic heterocycles. The van der Waals surface area contributed by atoms with E-state index in [1.54, 1.807) is 15.6 Å². The van der Waals surface area contributed by atoms with Gasteiger partial charge in [-0.3, -0.25) is 14.3 Å². The van der Waals surface area contributed by atoms with Crippen molar-refractivity contribution in [3.63, 3.8) is 0 Å². The monoisotopic (exact) mass is 376 g/mol. The third-order valence-corrected chi connectivity index (χ3v) is 5.62. The highest BCUT2D eigenvalue weighted by atomic mass is 16.2. The number of hydrogen-bond acceptors (Lipinski definition) is 4. The molecule has 1 amide bonds. The van der Waals surface area contributed by atoms with Gasteiger partial charge in [0.05, 0.1) is 5.52 Å². The number of aryl methyl sites for hydroxylation is 1. The largest absolute Gasteiger partial charge is 0.336 e. The lowest BCUT2D eigenvalue weighted by atomic mass is 9.89. The van der Waals surface area contributed by atoms with Gasteiger partial charge in [-0.2, -0.15) is 5.10 Å². The number of aromatic nitrogens is 2. The Labute approximate surface area is 163 Å². The molecule has 2 N–H and O–H groups in total. The van der Waals surface area contributed by atoms with E-state index >= 15 is 0 Å². The number of nitrogens with zero attached hydrogens (tertiary/aromatic N) is 3. The molecular weight excluding hydrogens is 352 g/mol. The predicted molar refractivity (Wildman–Crippen MR) is 109 cm³/mol. The van der Waals surface area contributed by atoms with Gasteiger partial charge in [0.25, 0.3) is 5.91 Å². The Kier molecular flexibility index (Phi) is 4.96. The second-order valence-corrected chi connectivity index (χ2v) is 7.23. The minimum atomic E-state index is -0.310. The SMILES string of the molecule is CCn1nc(C(=O)N2C[C@@H](CN)[C@H](c3ccccc3)C2)c(=O)c2ccccc21. The van der Waals surface area contributed by atoms with Gasteiger partial charge in [-0.25, -0.2) is 0 Å². The summed E-state index contributed by atoms with van der Waals surface area (Å²) in [6.45, 7) is 4.11. The van der Waals surface area contributed by atoms with Crippen LogP contribution in [0.2, 0.25) is 0 Å². The molecule has 2 aromatic carbocycles. The maximum absolute atomic E-state index is 13.2. The summed E-state index contributed by atoms with van der Waals surface area (Å²) in [5, 5.41) is 4.92. The molecule has 0 bridgehead atoms. The van der Waals surface area contributed by atoms with E-state index in [4.69, 9.17) is 5.73 Å². The Morgan fingerprint density at radius 3 is 2.54 bits per heavy atom. The van der Waals surface area contributed by atoms with Gasteiger partial charge in [0.2, 0.25) is 5.43 Å². The number of hydrogen-bond donors (Lipinski definition) is 1. The summed E-state index contributed by atoms with van der Waals surface area (Å²) >= 11 is 0. The third-order valence-electron chi connectivity index (χ3n) is 5.62. The molecule has 1 aliphatic rings. The zero-order chi connectivity index (χ0) is 19.7. The Balaban J connectivity index is 1.70. The van der Waals surface area contributed by atoms with Gasteiger partial charge in [-0.15, -0.1) is 0 Å². The predicted octanol–water partition coefficient (Wildman–Crippen LogP) is 2.23. The van der Waals surface area contributed by atoms with Crippen LogP contribution in [0.5, 0.6) is 0 Å². The highest BCUT2D eigenvalue weighted by Gasteiger charge is 2.37. The summed E-state index contributed by atoms with van der Waals surface area (Å²) in [5.74, 6) is 0.0269. The normalized spacial score (nSPS) is 19.3. The number of benzene rings is 2. The number of amides is 1. The molecule has 6 heteroatoms. The van der Waals surface area contributed by atoms with Crippen LogP contribution in [0.25, 0.3) is 10.9 Å². The van der Waals surface area contributed by atoms with Gasteiger partial charge in [-0.1, -0.05) is 42.5 Å². The minimum Gasteiger partial charge on any atom is -0.336 e. The molecule has 6 nitrogen and oxygen atoms in total. The van der Waals surface area contributed by atoms with Gasteiger partial charge in [0, 0.05) is 30.9 Å². The van der Waals surface area contributed by atoms with E-state index in [2.05, 4.69) is 17.2 Å². The molecule has 3 aromatic rings. The quantitative estimate of drug-likeness (QED) is 0.757. The van der Waals surface area contributed by atoms with Gasteiger partial charge in [0.1, 0.15) is 0 Å². The Bertz CT molecular complexity index is 1060. The summed E-state index contributed by atoms with van der Waals surface area (Å²) in [6.07, 6.45) is 0. The molecule has 2 heterocycles. The fourth-order valence-electron chi connectivity index (χ4n) is 4.12. The van der Waals surface area contributed by atoms with Crippen molar-refractivity contribution in [2.45, 2.75) is 19.4 Å². The average molecular weight is 376 g/mol. The number of carbonyl (C=O) groups is 1. The fraction of sp³-hybridized carbons (Fsp3) is 0.318. The van der Waals surface area contributed by atoms with E-state index in [1.165, 1.54) is 5.56 Å². The molecule has 28 heavy (non-hydrogen) atoms. The van der Waals surface area contributed by atoms with Crippen molar-refractivity contribution in [2.24, 2.45) is 11.7 Å². The van der Waals surface area contributed by atoms with Gasteiger partial charge in [0.15, 0.2) is 5.69 Å². The first-order valence-corrected chi connectivity index (χ1v) is 9.68. The van der Waals surface area contributed by atoms with Crippen LogP contribution in [-0.2, 0) is 6.54 Å². The fourth-order valence-corrected chi connectivity index (χ4v) is 4.12. The third kappa shape index (κ3) is 3.10. The Hall–Kier alpha value is -2.99. The Morgan fingerprint density at radius 1 is 1.11 bits per heavy atom. The molecule has 1 aromatic heterocycles. The summed E-state index contributed by atoms with van der Waals surface area (Å²) < 4.78 is 1.72. The van der Waals surface area contributed by atoms with E-state index in [-0.39, 0.29) is 28.9 Å². The minimum absolute atomic E-state index is 0.00923. The van der Waals surface area contributed by atoms with Crippen LogP contribution in [0.4, 0.5) is 0 Å². The van der Waals surface area contributed by atoms with Crippen molar-refractivity contribution in [2.75, 3.05) is 19.6 Å². The van der Waals surface area contributed by atoms with E-state index in [0.29, 0.717) is 31.6 Å². The van der Waals surface area contributed by atoms with Crippen LogP contribution in [0.15, 0.2) is 59.4 Å². The van der Waals surface area contributed by atoms with Crippen molar-refractivity contribution in [1.82, 2.24) is 14.7 Å². The molecule has 0 unspecified atom stereocenters. The number of likely N-dealkylation sites (tertiary alicyclic amines) is 1. The summed E-state index contributed by atoms with van der Waals surface area (Å²) in [6, 6.07) is 17.4. The lowest BCUT2D eigenvalue weighted by molar-refractivity contribution is 0.0777. The van der Waals surface area contributed by atoms with Gasteiger partial charge in [-0.05, 0) is 37.1 Å². The number of carbonyl (C=O) groups excluding carboxylic acids is 1. The van der Waals surface area contributed by atoms with Crippen LogP contribution in [-0.4, -0.2) is 40.2 Å². The Morgan fingerprint density at radius 2 is 1.82 bits per heavy atom. The highest BCUT2D eigenvalue weighted by Crippen LogP contribution is 2.32. The molecule has 0 aliphatic carbocycles. The van der Waals surface area contributed by atoms with Crippen LogP contribution in [0.3, 0.4) is 0 Å². The molecule has 0 radical (unpaired) electrons. The van der Waals surface area contributed by atoms with E-state index in [0.717, 1.165) is 5.52 Å². The van der Waals surface area contributed by atoms with E-state index < -0.39 is 0 Å². The average Bonchev–Trinajstić information content (AvgIpc) is 3.19. The molecule has 2 atom stereocenters. The van der Waals surface area contributed by atoms with Crippen molar-refractivity contribution in [3.05, 3.63) is 76.1 Å². The van der Waals surface area contributed by atoms with E-state index in [1.807, 2.05) is 43.3 Å². The van der Waals surface area contributed by atoms with Crippen molar-refractivity contribution < 1.29 is 4.79 Å². The molecule has 144 valence electrons. The topological polar surface area (TPSA) is 81.2 Å². The second-order valence-electron chi connectivity index (χ2n) is 7.23. The van der Waals surface area contributed by atoms with Crippen LogP contribution < -0.4 is 11.2 Å². The first-order valence-electron chi connectivity index (χ1n) is 9.68. The highest BCUT2D eigenvalue weighted by molar-refractivity contribution is 5.95. The number of fused-ring (bicyclic) bond motifs is 1. The molecule has 1 saturated heterocycles. The molecule has 0 spiro atoms. The van der Waals surface area contributed by atoms with Gasteiger partial charge < -0.3 is 10.6 Å². The lowest BCUT2D eigenvalue weighted by Crippen LogP contribution is -2.35. The van der Waals surface area contributed by atoms with Crippen LogP contribution in [0, 0.1) is 5.92 Å². The number of nitrogens with two attached hydrogens (primary N) is 1. The standard InChI is InChI=1S/C22H24N4O2/c1-2-26-19-11-7-6-10-17(19)21(27)20(24-26)22(28)25-13-16(12-23)18(14-25)15-8-4-3-5-9-15/h3-11,16,18H,2,12-14,23H2,1H3/t16-,18+/m1/s1. The maximum atomic E-state index is 13.2. The maximum Gasteiger partial charge on any atom is 0.278 e. The molecule has 1 fully saturated rings. The van der Waals surface area contributed by atoms with Gasteiger partial charge >= 0.3 is 0 Å². The molecular formula is C22H24N4O2. The first kappa shape index (κ1) is 18.4. The van der Waals surface area contributed by atoms with Crippen molar-refractivity contribution in [3.8, 4) is 0 Å². The number of rotatable bonds is 4. The summed E-state index contributed by atoms with van der Waals surface area (Å²) in [5.41, 5.74) is 7.59. The molecule has 4 rings (SSSR count). The van der Waals surface area contributed by atoms with Crippen LogP contribution in [0.1, 0.15) is 28.9 Å². The zero-order valence-corrected chi connectivity index (χ0v) is 15.9. The number of para-hydroxylation sites is 1. The smallest absolute Gasteiger partial charge is 0.278 e. The van der Waals surface area contributed by atoms with E-state index in [9.17, 15) is 9.59 Å². The van der Waals surface area contributed by atoms with Crippen molar-refractivity contribution >= 4 is 16.8 Å². The zero-order valence-electron chi connectivity index (χ0n) is 15.9. The first-order chi connectivity index (χ1) is 13.6. The summed E-state index contributed by atoms with van der Waals surface area (Å²) in [7, 11) is 0. The van der Waals surface area contributed by atoms with Crippen molar-refractivity contribution in [1.29, 1.82) is 0 Å². The lowest BCUT2D eigenvalue weighted by Gasteiger charge is -2.17. The summed E-state index contributed by atoms with van der Waals surface area (Å²) in [4.78, 5) is 27.9.